The zero-order chi connectivity index (χ0) is 21.2. The molecule has 3 rings (SSSR count). The van der Waals surface area contributed by atoms with E-state index in [2.05, 4.69) is 12.1 Å². The van der Waals surface area contributed by atoms with Crippen LogP contribution in [0.4, 0.5) is 4.79 Å². The molecule has 29 heavy (non-hydrogen) atoms. The molecule has 0 unspecified atom stereocenters. The van der Waals surface area contributed by atoms with Crippen LogP contribution in [-0.2, 0) is 14.3 Å². The second kappa shape index (κ2) is 8.25. The number of likely N-dealkylation sites (N-methyl/N-ethyl adjacent to an activating group) is 1. The van der Waals surface area contributed by atoms with Crippen molar-refractivity contribution in [2.24, 2.45) is 0 Å². The van der Waals surface area contributed by atoms with Gasteiger partial charge in [0.1, 0.15) is 6.61 Å². The van der Waals surface area contributed by atoms with Crippen molar-refractivity contribution < 1.29 is 24.2 Å². The molecule has 0 heterocycles. The molecule has 0 saturated heterocycles. The fraction of sp³-hybridized carbons (Fsp3) is 0.391. The van der Waals surface area contributed by atoms with E-state index < -0.39 is 23.7 Å². The van der Waals surface area contributed by atoms with Gasteiger partial charge in [0, 0.05) is 13.0 Å². The van der Waals surface area contributed by atoms with Crippen molar-refractivity contribution in [3.8, 4) is 11.1 Å². The van der Waals surface area contributed by atoms with E-state index in [-0.39, 0.29) is 19.1 Å². The Labute approximate surface area is 171 Å². The SMILES string of the molecule is CN(C(=O)OCC1c2ccccc2-c2ccccc21)[C@@H](COC(C)(C)C)C(=O)O. The maximum atomic E-state index is 12.6. The zero-order valence-electron chi connectivity index (χ0n) is 17.2. The summed E-state index contributed by atoms with van der Waals surface area (Å²) in [7, 11) is 1.42. The lowest BCUT2D eigenvalue weighted by molar-refractivity contribution is -0.146. The van der Waals surface area contributed by atoms with Crippen molar-refractivity contribution in [2.45, 2.75) is 38.3 Å². The van der Waals surface area contributed by atoms with E-state index in [0.29, 0.717) is 0 Å². The normalized spacial score (nSPS) is 14.1. The van der Waals surface area contributed by atoms with Gasteiger partial charge in [-0.3, -0.25) is 4.90 Å². The Morgan fingerprint density at radius 3 is 2.03 bits per heavy atom. The summed E-state index contributed by atoms with van der Waals surface area (Å²) in [6, 6.07) is 15.0. The smallest absolute Gasteiger partial charge is 0.410 e. The number of hydrogen-bond acceptors (Lipinski definition) is 4. The van der Waals surface area contributed by atoms with E-state index in [1.807, 2.05) is 57.2 Å². The molecule has 0 aromatic heterocycles. The highest BCUT2D eigenvalue weighted by molar-refractivity contribution is 5.81. The van der Waals surface area contributed by atoms with E-state index in [0.717, 1.165) is 27.2 Å². The summed E-state index contributed by atoms with van der Waals surface area (Å²) in [5.41, 5.74) is 3.99. The summed E-state index contributed by atoms with van der Waals surface area (Å²) >= 11 is 0. The Morgan fingerprint density at radius 2 is 1.55 bits per heavy atom. The van der Waals surface area contributed by atoms with Crippen LogP contribution >= 0.6 is 0 Å². The quantitative estimate of drug-likeness (QED) is 0.793. The van der Waals surface area contributed by atoms with E-state index in [1.54, 1.807) is 0 Å². The highest BCUT2D eigenvalue weighted by atomic mass is 16.6. The molecule has 6 heteroatoms. The average Bonchev–Trinajstić information content (AvgIpc) is 2.99. The number of aliphatic carboxylic acids is 1. The molecule has 1 aliphatic rings. The van der Waals surface area contributed by atoms with Crippen molar-refractivity contribution >= 4 is 12.1 Å². The second-order valence-electron chi connectivity index (χ2n) is 8.19. The lowest BCUT2D eigenvalue weighted by Crippen LogP contribution is -2.47. The molecule has 0 spiro atoms. The molecule has 0 fully saturated rings. The first-order chi connectivity index (χ1) is 13.7. The summed E-state index contributed by atoms with van der Waals surface area (Å²) in [4.78, 5) is 25.3. The first kappa shape index (κ1) is 20.9. The van der Waals surface area contributed by atoms with Crippen LogP contribution in [0.2, 0.25) is 0 Å². The van der Waals surface area contributed by atoms with Gasteiger partial charge < -0.3 is 14.6 Å². The van der Waals surface area contributed by atoms with E-state index in [9.17, 15) is 14.7 Å². The highest BCUT2D eigenvalue weighted by Crippen LogP contribution is 2.44. The number of fused-ring (bicyclic) bond motifs is 3. The third-order valence-electron chi connectivity index (χ3n) is 5.05. The number of carbonyl (C=O) groups excluding carboxylic acids is 1. The molecule has 2 aromatic rings. The van der Waals surface area contributed by atoms with Crippen LogP contribution < -0.4 is 0 Å². The summed E-state index contributed by atoms with van der Waals surface area (Å²) in [5, 5.41) is 9.50. The first-order valence-electron chi connectivity index (χ1n) is 9.63. The molecular formula is C23H27NO5. The van der Waals surface area contributed by atoms with Crippen molar-refractivity contribution in [3.63, 3.8) is 0 Å². The number of amides is 1. The van der Waals surface area contributed by atoms with Gasteiger partial charge in [-0.05, 0) is 43.0 Å². The molecule has 0 bridgehead atoms. The maximum Gasteiger partial charge on any atom is 0.410 e. The predicted molar refractivity (Wildman–Crippen MR) is 110 cm³/mol. The molecule has 1 atom stereocenters. The topological polar surface area (TPSA) is 76.1 Å². The summed E-state index contributed by atoms with van der Waals surface area (Å²) in [5.74, 6) is -1.21. The van der Waals surface area contributed by atoms with Crippen LogP contribution in [0, 0.1) is 0 Å². The highest BCUT2D eigenvalue weighted by Gasteiger charge is 2.32. The molecule has 154 valence electrons. The van der Waals surface area contributed by atoms with Gasteiger partial charge in [-0.1, -0.05) is 48.5 Å². The Hall–Kier alpha value is -2.86. The number of carboxylic acid groups (broad SMARTS) is 1. The molecule has 1 amide bonds. The third-order valence-corrected chi connectivity index (χ3v) is 5.05. The van der Waals surface area contributed by atoms with Crippen molar-refractivity contribution in [2.75, 3.05) is 20.3 Å². The minimum atomic E-state index is -1.13. The molecule has 0 radical (unpaired) electrons. The standard InChI is InChI=1S/C23H27NO5/c1-23(2,3)29-14-20(21(25)26)24(4)22(27)28-13-19-17-11-7-5-9-15(17)16-10-6-8-12-18(16)19/h5-12,19-20H,13-14H2,1-4H3,(H,25,26)/t20-/m0/s1. The van der Waals surface area contributed by atoms with Crippen molar-refractivity contribution in [3.05, 3.63) is 59.7 Å². The van der Waals surface area contributed by atoms with Gasteiger partial charge >= 0.3 is 12.1 Å². The summed E-state index contributed by atoms with van der Waals surface area (Å²) in [6.07, 6.45) is -0.684. The van der Waals surface area contributed by atoms with Crippen LogP contribution in [0.1, 0.15) is 37.8 Å². The van der Waals surface area contributed by atoms with Crippen molar-refractivity contribution in [1.82, 2.24) is 4.90 Å². The number of benzene rings is 2. The van der Waals surface area contributed by atoms with E-state index in [4.69, 9.17) is 9.47 Å². The molecule has 2 aromatic carbocycles. The monoisotopic (exact) mass is 397 g/mol. The Balaban J connectivity index is 1.70. The molecule has 1 aliphatic carbocycles. The van der Waals surface area contributed by atoms with Gasteiger partial charge in [0.05, 0.1) is 12.2 Å². The lowest BCUT2D eigenvalue weighted by atomic mass is 9.98. The lowest BCUT2D eigenvalue weighted by Gasteiger charge is -2.28. The van der Waals surface area contributed by atoms with Crippen LogP contribution in [0.25, 0.3) is 11.1 Å². The Kier molecular flexibility index (Phi) is 5.94. The van der Waals surface area contributed by atoms with Crippen LogP contribution in [0.3, 0.4) is 0 Å². The van der Waals surface area contributed by atoms with Crippen LogP contribution in [0.15, 0.2) is 48.5 Å². The Morgan fingerprint density at radius 1 is 1.03 bits per heavy atom. The molecule has 1 N–H and O–H groups in total. The maximum absolute atomic E-state index is 12.6. The van der Waals surface area contributed by atoms with Gasteiger partial charge in [-0.15, -0.1) is 0 Å². The number of rotatable bonds is 6. The molecule has 0 saturated carbocycles. The van der Waals surface area contributed by atoms with E-state index in [1.165, 1.54) is 7.05 Å². The third kappa shape index (κ3) is 4.59. The summed E-state index contributed by atoms with van der Waals surface area (Å²) < 4.78 is 11.1. The molecule has 6 nitrogen and oxygen atoms in total. The number of hydrogen-bond donors (Lipinski definition) is 1. The van der Waals surface area contributed by atoms with E-state index >= 15 is 0 Å². The minimum absolute atomic E-state index is 0.0751. The van der Waals surface area contributed by atoms with Gasteiger partial charge in [0.15, 0.2) is 6.04 Å². The van der Waals surface area contributed by atoms with Gasteiger partial charge in [0.25, 0.3) is 0 Å². The van der Waals surface area contributed by atoms with Gasteiger partial charge in [0.2, 0.25) is 0 Å². The number of ether oxygens (including phenoxy) is 2. The number of carboxylic acids is 1. The number of nitrogens with zero attached hydrogens (tertiary/aromatic N) is 1. The molecular weight excluding hydrogens is 370 g/mol. The predicted octanol–water partition coefficient (Wildman–Crippen LogP) is 4.14. The molecule has 0 aliphatic heterocycles. The fourth-order valence-corrected chi connectivity index (χ4v) is 3.50. The van der Waals surface area contributed by atoms with Gasteiger partial charge in [-0.25, -0.2) is 9.59 Å². The van der Waals surface area contributed by atoms with Gasteiger partial charge in [-0.2, -0.15) is 0 Å². The largest absolute Gasteiger partial charge is 0.480 e. The number of carbonyl (C=O) groups is 2. The Bertz CT molecular complexity index is 857. The first-order valence-corrected chi connectivity index (χ1v) is 9.63. The summed E-state index contributed by atoms with van der Waals surface area (Å²) in [6.45, 7) is 5.53. The van der Waals surface area contributed by atoms with Crippen molar-refractivity contribution in [1.29, 1.82) is 0 Å². The average molecular weight is 397 g/mol. The zero-order valence-corrected chi connectivity index (χ0v) is 17.2. The second-order valence-corrected chi connectivity index (χ2v) is 8.19. The van der Waals surface area contributed by atoms with Crippen LogP contribution in [0.5, 0.6) is 0 Å². The fourth-order valence-electron chi connectivity index (χ4n) is 3.50. The minimum Gasteiger partial charge on any atom is -0.480 e. The van der Waals surface area contributed by atoms with Crippen LogP contribution in [-0.4, -0.2) is 54.0 Å².